The fourth-order valence-electron chi connectivity index (χ4n) is 0. The van der Waals surface area contributed by atoms with Gasteiger partial charge in [0.2, 0.25) is 0 Å². The summed E-state index contributed by atoms with van der Waals surface area (Å²) in [4.78, 5) is 0. The van der Waals surface area contributed by atoms with Crippen LogP contribution in [-0.2, 0) is 22.4 Å². The van der Waals surface area contributed by atoms with Crippen LogP contribution in [0.2, 0.25) is 0 Å². The molecule has 0 aromatic rings. The van der Waals surface area contributed by atoms with Crippen LogP contribution >= 0.6 is 37.2 Å². The second kappa shape index (κ2) is 142. The van der Waals surface area contributed by atoms with Crippen molar-refractivity contribution in [1.82, 2.24) is 0 Å². The van der Waals surface area contributed by atoms with Gasteiger partial charge in [0.05, 0.1) is 0 Å². The smallest absolute Gasteiger partial charge is 0 e. The first-order chi connectivity index (χ1) is 0. The molecule has 0 atom stereocenters. The first-order valence-corrected chi connectivity index (χ1v) is 0. The van der Waals surface area contributed by atoms with E-state index >= 15 is 0 Å². The molecule has 0 aliphatic rings. The molecule has 6 N–H and O–H groups in total. The molecule has 1 radical (unpaired) electrons. The number of halogens is 3. The summed E-state index contributed by atoms with van der Waals surface area (Å²) >= 11 is 0. The zero-order valence-electron chi connectivity index (χ0n) is 3.03. The Morgan fingerprint density at radius 1 is 0.429 bits per heavy atom. The standard InChI is InChI=1S/Au.3ClH.3H2O/h;3*1H;3*1H2. The Morgan fingerprint density at radius 3 is 0.429 bits per heavy atom. The van der Waals surface area contributed by atoms with E-state index in [2.05, 4.69) is 0 Å². The molecule has 0 rings (SSSR count). The van der Waals surface area contributed by atoms with Crippen molar-refractivity contribution in [3.05, 3.63) is 0 Å². The average Bonchev–Trinajstić information content (AvgIpc) is 0. The van der Waals surface area contributed by atoms with Crippen molar-refractivity contribution in [1.29, 1.82) is 0 Å². The maximum atomic E-state index is 0. The van der Waals surface area contributed by atoms with Crippen LogP contribution in [0.5, 0.6) is 0 Å². The average molecular weight is 360 g/mol. The van der Waals surface area contributed by atoms with Gasteiger partial charge in [-0.05, 0) is 0 Å². The monoisotopic (exact) mass is 359 g/mol. The quantitative estimate of drug-likeness (QED) is 0.485. The summed E-state index contributed by atoms with van der Waals surface area (Å²) in [6.07, 6.45) is 0. The van der Waals surface area contributed by atoms with Crippen molar-refractivity contribution < 1.29 is 38.8 Å². The van der Waals surface area contributed by atoms with Gasteiger partial charge >= 0.3 is 0 Å². The summed E-state index contributed by atoms with van der Waals surface area (Å²) in [5.74, 6) is 0. The van der Waals surface area contributed by atoms with Gasteiger partial charge in [-0.3, -0.25) is 0 Å². The van der Waals surface area contributed by atoms with Gasteiger partial charge in [-0.15, -0.1) is 37.2 Å². The molecule has 0 heterocycles. The molecule has 0 saturated heterocycles. The van der Waals surface area contributed by atoms with Gasteiger partial charge < -0.3 is 16.4 Å². The van der Waals surface area contributed by atoms with Crippen LogP contribution in [0.1, 0.15) is 0 Å². The Labute approximate surface area is 75.9 Å². The Morgan fingerprint density at radius 2 is 0.429 bits per heavy atom. The third-order valence-corrected chi connectivity index (χ3v) is 0. The molecule has 7 heavy (non-hydrogen) atoms. The van der Waals surface area contributed by atoms with E-state index in [0.717, 1.165) is 0 Å². The van der Waals surface area contributed by atoms with E-state index in [9.17, 15) is 0 Å². The molecular weight excluding hydrogens is 351 g/mol. The zero-order valence-corrected chi connectivity index (χ0v) is 7.64. The summed E-state index contributed by atoms with van der Waals surface area (Å²) in [6, 6.07) is 0. The minimum Gasteiger partial charge on any atom is -0.412 e. The van der Waals surface area contributed by atoms with Gasteiger partial charge in [-0.1, -0.05) is 0 Å². The topological polar surface area (TPSA) is 94.5 Å². The number of hydrogen-bond acceptors (Lipinski definition) is 0. The fraction of sp³-hybridized carbons (Fsp3) is 0. The second-order valence-electron chi connectivity index (χ2n) is 0. The Hall–Kier alpha value is 1.49. The molecule has 0 amide bonds. The van der Waals surface area contributed by atoms with Crippen molar-refractivity contribution >= 4 is 37.2 Å². The predicted octanol–water partition coefficient (Wildman–Crippen LogP) is -1.21. The van der Waals surface area contributed by atoms with Crippen LogP contribution in [0.3, 0.4) is 0 Å². The van der Waals surface area contributed by atoms with E-state index in [1.165, 1.54) is 0 Å². The van der Waals surface area contributed by atoms with Crippen molar-refractivity contribution in [3.8, 4) is 0 Å². The molecule has 0 aromatic carbocycles. The maximum Gasteiger partial charge on any atom is 0 e. The third kappa shape index (κ3) is 102. The minimum absolute atomic E-state index is 0. The van der Waals surface area contributed by atoms with Gasteiger partial charge in [0.25, 0.3) is 0 Å². The van der Waals surface area contributed by atoms with E-state index < -0.39 is 0 Å². The summed E-state index contributed by atoms with van der Waals surface area (Å²) < 4.78 is 0. The van der Waals surface area contributed by atoms with Crippen LogP contribution in [0, 0.1) is 0 Å². The SMILES string of the molecule is Cl.Cl.Cl.O.O.O.[Au]. The Bertz CT molecular complexity index is 10.1. The fourth-order valence-corrected chi connectivity index (χ4v) is 0. The predicted molar refractivity (Wildman–Crippen MR) is 32.6 cm³/mol. The van der Waals surface area contributed by atoms with Crippen LogP contribution in [-0.4, -0.2) is 16.4 Å². The third-order valence-electron chi connectivity index (χ3n) is 0. The van der Waals surface area contributed by atoms with Crippen LogP contribution < -0.4 is 0 Å². The van der Waals surface area contributed by atoms with Gasteiger partial charge in [0.15, 0.2) is 0 Å². The Kier molecular flexibility index (Phi) is 4350. The first-order valence-electron chi connectivity index (χ1n) is 0. The molecule has 0 aromatic heterocycles. The summed E-state index contributed by atoms with van der Waals surface area (Å²) in [6.45, 7) is 0. The molecule has 59 valence electrons. The van der Waals surface area contributed by atoms with Gasteiger partial charge in [-0.2, -0.15) is 0 Å². The largest absolute Gasteiger partial charge is 0.412 e. The summed E-state index contributed by atoms with van der Waals surface area (Å²) in [7, 11) is 0. The van der Waals surface area contributed by atoms with Crippen LogP contribution in [0.15, 0.2) is 0 Å². The first kappa shape index (κ1) is 214. The van der Waals surface area contributed by atoms with E-state index in [4.69, 9.17) is 0 Å². The van der Waals surface area contributed by atoms with Crippen molar-refractivity contribution in [3.63, 3.8) is 0 Å². The van der Waals surface area contributed by atoms with Crippen LogP contribution in [0.4, 0.5) is 0 Å². The molecule has 0 unspecified atom stereocenters. The molecule has 7 heteroatoms. The minimum atomic E-state index is 0. The van der Waals surface area contributed by atoms with Crippen LogP contribution in [0.25, 0.3) is 0 Å². The normalized spacial score (nSPS) is 0. The molecule has 0 saturated carbocycles. The van der Waals surface area contributed by atoms with Gasteiger partial charge in [-0.25, -0.2) is 0 Å². The molecule has 3 nitrogen and oxygen atoms in total. The molecule has 0 aliphatic carbocycles. The van der Waals surface area contributed by atoms with E-state index in [1.54, 1.807) is 0 Å². The number of hydrogen-bond donors (Lipinski definition) is 0. The van der Waals surface area contributed by atoms with Crippen molar-refractivity contribution in [2.45, 2.75) is 0 Å². The molecule has 0 aliphatic heterocycles. The van der Waals surface area contributed by atoms with Gasteiger partial charge in [0, 0.05) is 22.4 Å². The Balaban J connectivity index is 0. The van der Waals surface area contributed by atoms with Crippen molar-refractivity contribution in [2.24, 2.45) is 0 Å². The van der Waals surface area contributed by atoms with E-state index in [1.807, 2.05) is 0 Å². The summed E-state index contributed by atoms with van der Waals surface area (Å²) in [5, 5.41) is 0. The zero-order chi connectivity index (χ0) is 0. The molecule has 0 spiro atoms. The molecule has 0 fully saturated rings. The maximum absolute atomic E-state index is 0. The second-order valence-corrected chi connectivity index (χ2v) is 0. The van der Waals surface area contributed by atoms with Crippen molar-refractivity contribution in [2.75, 3.05) is 0 Å². The number of rotatable bonds is 0. The summed E-state index contributed by atoms with van der Waals surface area (Å²) in [5.41, 5.74) is 0. The van der Waals surface area contributed by atoms with Gasteiger partial charge in [0.1, 0.15) is 0 Å². The molecule has 0 bridgehead atoms. The molecular formula is H9AuCl3O3. The van der Waals surface area contributed by atoms with E-state index in [-0.39, 0.29) is 76.0 Å². The van der Waals surface area contributed by atoms with E-state index in [0.29, 0.717) is 0 Å².